The molecule has 1 aromatic rings. The Morgan fingerprint density at radius 2 is 2.20 bits per heavy atom. The van der Waals surface area contributed by atoms with Crippen LogP contribution in [-0.4, -0.2) is 46.5 Å². The molecule has 20 heavy (non-hydrogen) atoms. The number of carbonyl (C=O) groups is 1. The summed E-state index contributed by atoms with van der Waals surface area (Å²) in [6, 6.07) is -0.297. The average Bonchev–Trinajstić information content (AvgIpc) is 2.96. The fraction of sp³-hybridized carbons (Fsp3) is 0.615. The Bertz CT molecular complexity index is 476. The maximum Gasteiger partial charge on any atom is 0.244 e. The lowest BCUT2D eigenvalue weighted by Gasteiger charge is -2.22. The van der Waals surface area contributed by atoms with Gasteiger partial charge in [0, 0.05) is 25.8 Å². The third-order valence-electron chi connectivity index (χ3n) is 3.22. The van der Waals surface area contributed by atoms with Crippen LogP contribution in [0.4, 0.5) is 11.8 Å². The molecule has 2 heterocycles. The number of aromatic nitrogens is 2. The van der Waals surface area contributed by atoms with Gasteiger partial charge in [0.05, 0.1) is 4.47 Å². The van der Waals surface area contributed by atoms with E-state index in [1.54, 1.807) is 6.20 Å². The van der Waals surface area contributed by atoms with Crippen LogP contribution in [0.1, 0.15) is 26.7 Å². The normalized spacial score (nSPS) is 16.1. The van der Waals surface area contributed by atoms with Crippen LogP contribution in [0.5, 0.6) is 0 Å². The summed E-state index contributed by atoms with van der Waals surface area (Å²) in [7, 11) is 0. The maximum atomic E-state index is 12.3. The number of rotatable bonds is 5. The number of hydrogen-bond donors (Lipinski definition) is 2. The first kappa shape index (κ1) is 15.0. The van der Waals surface area contributed by atoms with E-state index in [2.05, 4.69) is 36.5 Å². The summed E-state index contributed by atoms with van der Waals surface area (Å²) in [5, 5.41) is 6.21. The first-order valence-corrected chi connectivity index (χ1v) is 7.73. The van der Waals surface area contributed by atoms with Crippen molar-refractivity contribution in [3.8, 4) is 0 Å². The Morgan fingerprint density at radius 1 is 1.50 bits per heavy atom. The van der Waals surface area contributed by atoms with Gasteiger partial charge in [-0.2, -0.15) is 4.98 Å². The monoisotopic (exact) mass is 341 g/mol. The maximum absolute atomic E-state index is 12.3. The van der Waals surface area contributed by atoms with Gasteiger partial charge in [0.25, 0.3) is 0 Å². The highest BCUT2D eigenvalue weighted by molar-refractivity contribution is 9.10. The number of likely N-dealkylation sites (tertiary alicyclic amines) is 1. The van der Waals surface area contributed by atoms with Gasteiger partial charge in [0.1, 0.15) is 11.9 Å². The molecule has 1 aliphatic rings. The zero-order valence-electron chi connectivity index (χ0n) is 11.8. The molecule has 0 saturated carbocycles. The molecule has 1 atom stereocenters. The fourth-order valence-electron chi connectivity index (χ4n) is 2.19. The van der Waals surface area contributed by atoms with Gasteiger partial charge < -0.3 is 15.5 Å². The van der Waals surface area contributed by atoms with Gasteiger partial charge in [-0.1, -0.05) is 0 Å². The number of anilines is 2. The molecule has 0 spiro atoms. The standard InChI is InChI=1S/C13H20BrN5O/c1-3-15-13-16-8-10(14)11(18-13)17-9(2)12(20)19-6-4-5-7-19/h8-9H,3-7H2,1-2H3,(H2,15,16,17,18). The van der Waals surface area contributed by atoms with E-state index < -0.39 is 0 Å². The van der Waals surface area contributed by atoms with Crippen molar-refractivity contribution in [2.45, 2.75) is 32.7 Å². The van der Waals surface area contributed by atoms with Crippen molar-refractivity contribution in [2.24, 2.45) is 0 Å². The van der Waals surface area contributed by atoms with Crippen LogP contribution < -0.4 is 10.6 Å². The third kappa shape index (κ3) is 3.59. The molecule has 1 aliphatic heterocycles. The molecule has 7 heteroatoms. The summed E-state index contributed by atoms with van der Waals surface area (Å²) in [5.74, 6) is 1.31. The molecule has 2 rings (SSSR count). The van der Waals surface area contributed by atoms with E-state index in [0.29, 0.717) is 11.8 Å². The molecule has 1 aromatic heterocycles. The molecule has 0 radical (unpaired) electrons. The van der Waals surface area contributed by atoms with Crippen molar-refractivity contribution >= 4 is 33.6 Å². The number of nitrogens with zero attached hydrogens (tertiary/aromatic N) is 3. The van der Waals surface area contributed by atoms with E-state index in [9.17, 15) is 4.79 Å². The second-order valence-electron chi connectivity index (χ2n) is 4.82. The summed E-state index contributed by atoms with van der Waals surface area (Å²) >= 11 is 3.40. The van der Waals surface area contributed by atoms with Crippen LogP contribution in [0.2, 0.25) is 0 Å². The van der Waals surface area contributed by atoms with Crippen molar-refractivity contribution in [3.05, 3.63) is 10.7 Å². The van der Waals surface area contributed by atoms with E-state index in [-0.39, 0.29) is 11.9 Å². The number of amides is 1. The van der Waals surface area contributed by atoms with E-state index in [1.165, 1.54) is 0 Å². The quantitative estimate of drug-likeness (QED) is 0.858. The van der Waals surface area contributed by atoms with Gasteiger partial charge in [-0.3, -0.25) is 4.79 Å². The number of carbonyl (C=O) groups excluding carboxylic acids is 1. The van der Waals surface area contributed by atoms with Gasteiger partial charge >= 0.3 is 0 Å². The van der Waals surface area contributed by atoms with Crippen molar-refractivity contribution in [3.63, 3.8) is 0 Å². The topological polar surface area (TPSA) is 70.2 Å². The first-order chi connectivity index (χ1) is 9.61. The van der Waals surface area contributed by atoms with Gasteiger partial charge in [-0.25, -0.2) is 4.98 Å². The average molecular weight is 342 g/mol. The van der Waals surface area contributed by atoms with Gasteiger partial charge in [0.2, 0.25) is 11.9 Å². The Labute approximate surface area is 127 Å². The summed E-state index contributed by atoms with van der Waals surface area (Å²) in [6.45, 7) is 6.32. The SMILES string of the molecule is CCNc1ncc(Br)c(NC(C)C(=O)N2CCCC2)n1. The first-order valence-electron chi connectivity index (χ1n) is 6.93. The molecule has 1 unspecified atom stereocenters. The molecule has 6 nitrogen and oxygen atoms in total. The minimum absolute atomic E-state index is 0.123. The Hall–Kier alpha value is -1.37. The number of halogens is 1. The van der Waals surface area contributed by atoms with Crippen LogP contribution in [0.15, 0.2) is 10.7 Å². The summed E-state index contributed by atoms with van der Waals surface area (Å²) < 4.78 is 0.750. The lowest BCUT2D eigenvalue weighted by Crippen LogP contribution is -2.39. The predicted octanol–water partition coefficient (Wildman–Crippen LogP) is 2.09. The van der Waals surface area contributed by atoms with Crippen LogP contribution in [-0.2, 0) is 4.79 Å². The molecular formula is C13H20BrN5O. The molecule has 1 amide bonds. The van der Waals surface area contributed by atoms with E-state index in [4.69, 9.17) is 0 Å². The molecule has 1 saturated heterocycles. The summed E-state index contributed by atoms with van der Waals surface area (Å²) in [4.78, 5) is 22.7. The Kier molecular flexibility index (Phi) is 5.17. The molecule has 1 fully saturated rings. The molecule has 110 valence electrons. The van der Waals surface area contributed by atoms with Gasteiger partial charge in [-0.15, -0.1) is 0 Å². The second kappa shape index (κ2) is 6.88. The van der Waals surface area contributed by atoms with Gasteiger partial charge in [-0.05, 0) is 42.6 Å². The molecule has 0 aliphatic carbocycles. The van der Waals surface area contributed by atoms with Gasteiger partial charge in [0.15, 0.2) is 0 Å². The second-order valence-corrected chi connectivity index (χ2v) is 5.67. The van der Waals surface area contributed by atoms with E-state index in [1.807, 2.05) is 18.7 Å². The molecular weight excluding hydrogens is 322 g/mol. The zero-order valence-corrected chi connectivity index (χ0v) is 13.4. The smallest absolute Gasteiger partial charge is 0.244 e. The summed E-state index contributed by atoms with van der Waals surface area (Å²) in [6.07, 6.45) is 3.88. The minimum atomic E-state index is -0.297. The van der Waals surface area contributed by atoms with Crippen LogP contribution in [0.3, 0.4) is 0 Å². The summed E-state index contributed by atoms with van der Waals surface area (Å²) in [5.41, 5.74) is 0. The highest BCUT2D eigenvalue weighted by atomic mass is 79.9. The third-order valence-corrected chi connectivity index (χ3v) is 3.80. The van der Waals surface area contributed by atoms with Crippen LogP contribution in [0.25, 0.3) is 0 Å². The predicted molar refractivity (Wildman–Crippen MR) is 82.8 cm³/mol. The van der Waals surface area contributed by atoms with Crippen molar-refractivity contribution < 1.29 is 4.79 Å². The highest BCUT2D eigenvalue weighted by Gasteiger charge is 2.23. The zero-order chi connectivity index (χ0) is 14.5. The van der Waals surface area contributed by atoms with E-state index >= 15 is 0 Å². The molecule has 0 bridgehead atoms. The van der Waals surface area contributed by atoms with Crippen LogP contribution >= 0.6 is 15.9 Å². The van der Waals surface area contributed by atoms with E-state index in [0.717, 1.165) is 36.9 Å². The lowest BCUT2D eigenvalue weighted by atomic mass is 10.3. The van der Waals surface area contributed by atoms with Crippen molar-refractivity contribution in [1.82, 2.24) is 14.9 Å². The molecule has 2 N–H and O–H groups in total. The number of hydrogen-bond acceptors (Lipinski definition) is 5. The minimum Gasteiger partial charge on any atom is -0.358 e. The largest absolute Gasteiger partial charge is 0.358 e. The van der Waals surface area contributed by atoms with Crippen LogP contribution in [0, 0.1) is 0 Å². The van der Waals surface area contributed by atoms with Crippen molar-refractivity contribution in [1.29, 1.82) is 0 Å². The lowest BCUT2D eigenvalue weighted by molar-refractivity contribution is -0.130. The highest BCUT2D eigenvalue weighted by Crippen LogP contribution is 2.21. The Morgan fingerprint density at radius 3 is 2.85 bits per heavy atom. The Balaban J connectivity index is 2.04. The number of nitrogens with one attached hydrogen (secondary N) is 2. The molecule has 0 aromatic carbocycles. The fourth-order valence-corrected chi connectivity index (χ4v) is 2.50. The van der Waals surface area contributed by atoms with Crippen molar-refractivity contribution in [2.75, 3.05) is 30.3 Å².